The monoisotopic (exact) mass is 693 g/mol. The van der Waals surface area contributed by atoms with Gasteiger partial charge < -0.3 is 10.4 Å². The molecule has 2 heterocycles. The molecule has 264 valence electrons. The van der Waals surface area contributed by atoms with E-state index in [0.29, 0.717) is 16.6 Å². The Bertz CT molecular complexity index is 1730. The zero-order valence-corrected chi connectivity index (χ0v) is 30.9. The number of benzene rings is 2. The molecule has 0 bridgehead atoms. The highest BCUT2D eigenvalue weighted by molar-refractivity contribution is 7.14. The molecule has 2 N–H and O–H groups in total. The molecule has 1 fully saturated rings. The van der Waals surface area contributed by atoms with E-state index in [1.165, 1.54) is 68.8 Å². The summed E-state index contributed by atoms with van der Waals surface area (Å²) in [6, 6.07) is 19.3. The molecule has 50 heavy (non-hydrogen) atoms. The van der Waals surface area contributed by atoms with Gasteiger partial charge in [0.2, 0.25) is 5.91 Å². The van der Waals surface area contributed by atoms with E-state index in [1.54, 1.807) is 0 Å². The number of aromatic nitrogens is 2. The van der Waals surface area contributed by atoms with Crippen LogP contribution in [-0.4, -0.2) is 38.8 Å². The van der Waals surface area contributed by atoms with Crippen LogP contribution in [0.15, 0.2) is 73.1 Å². The minimum absolute atomic E-state index is 0.0181. The largest absolute Gasteiger partial charge is 0.480 e. The van der Waals surface area contributed by atoms with Crippen molar-refractivity contribution < 1.29 is 19.5 Å². The number of hydrogen-bond donors (Lipinski definition) is 2. The van der Waals surface area contributed by atoms with Crippen LogP contribution in [0.5, 0.6) is 0 Å². The maximum absolute atomic E-state index is 13.3. The number of Topliss-reactive ketones (excluding diaryl/α,β-unsaturated/α-hetero) is 1. The lowest BCUT2D eigenvalue weighted by atomic mass is 9.77. The van der Waals surface area contributed by atoms with Gasteiger partial charge in [0.05, 0.1) is 4.88 Å². The van der Waals surface area contributed by atoms with Crippen molar-refractivity contribution in [1.82, 2.24) is 15.3 Å². The third kappa shape index (κ3) is 9.75. The minimum Gasteiger partial charge on any atom is -0.480 e. The van der Waals surface area contributed by atoms with Crippen molar-refractivity contribution in [3.05, 3.63) is 93.9 Å². The van der Waals surface area contributed by atoms with Crippen LogP contribution in [-0.2, 0) is 21.4 Å². The number of nitrogens with zero attached hydrogens (tertiary/aromatic N) is 2. The van der Waals surface area contributed by atoms with Gasteiger partial charge in [0, 0.05) is 40.7 Å². The molecule has 1 saturated carbocycles. The molecule has 1 amide bonds. The van der Waals surface area contributed by atoms with Gasteiger partial charge in [-0.25, -0.2) is 9.97 Å². The van der Waals surface area contributed by atoms with E-state index in [9.17, 15) is 19.5 Å². The predicted molar refractivity (Wildman–Crippen MR) is 202 cm³/mol. The molecule has 2 atom stereocenters. The summed E-state index contributed by atoms with van der Waals surface area (Å²) >= 11 is 1.44. The van der Waals surface area contributed by atoms with Crippen molar-refractivity contribution in [2.24, 2.45) is 11.8 Å². The van der Waals surface area contributed by atoms with E-state index in [2.05, 4.69) is 67.2 Å². The molecule has 0 saturated heterocycles. The number of rotatable bonds is 14. The Hall–Kier alpha value is -4.17. The molecule has 2 aromatic heterocycles. The van der Waals surface area contributed by atoms with Crippen molar-refractivity contribution in [2.75, 3.05) is 0 Å². The fourth-order valence-corrected chi connectivity index (χ4v) is 7.80. The van der Waals surface area contributed by atoms with Gasteiger partial charge in [-0.1, -0.05) is 95.5 Å². The van der Waals surface area contributed by atoms with Crippen molar-refractivity contribution >= 4 is 29.0 Å². The van der Waals surface area contributed by atoms with Crippen LogP contribution in [0.25, 0.3) is 22.5 Å². The van der Waals surface area contributed by atoms with E-state index in [1.807, 2.05) is 48.8 Å². The number of thiophene rings is 1. The lowest BCUT2D eigenvalue weighted by Crippen LogP contribution is -2.42. The van der Waals surface area contributed by atoms with Crippen molar-refractivity contribution in [2.45, 2.75) is 110 Å². The molecule has 1 aliphatic carbocycles. The Morgan fingerprint density at radius 2 is 1.52 bits per heavy atom. The molecule has 0 spiro atoms. The number of nitrogens with one attached hydrogen (secondary N) is 1. The molecule has 4 aromatic rings. The molecular formula is C42H51N3O4S. The average Bonchev–Trinajstić information content (AvgIpc) is 3.63. The summed E-state index contributed by atoms with van der Waals surface area (Å²) in [5.41, 5.74) is 5.12. The zero-order valence-electron chi connectivity index (χ0n) is 30.1. The molecule has 1 aliphatic rings. The number of carboxylic acids is 1. The van der Waals surface area contributed by atoms with E-state index in [-0.39, 0.29) is 24.0 Å². The van der Waals surface area contributed by atoms with Crippen LogP contribution in [0, 0.1) is 11.8 Å². The zero-order chi connectivity index (χ0) is 35.8. The quantitative estimate of drug-likeness (QED) is 0.127. The summed E-state index contributed by atoms with van der Waals surface area (Å²) in [4.78, 5) is 49.0. The molecule has 5 rings (SSSR count). The number of carboxylic acid groups (broad SMARTS) is 1. The Morgan fingerprint density at radius 3 is 2.10 bits per heavy atom. The van der Waals surface area contributed by atoms with Crippen LogP contribution >= 0.6 is 11.3 Å². The van der Waals surface area contributed by atoms with Gasteiger partial charge in [-0.2, -0.15) is 0 Å². The van der Waals surface area contributed by atoms with E-state index in [4.69, 9.17) is 0 Å². The highest BCUT2D eigenvalue weighted by Gasteiger charge is 2.28. The molecule has 2 aromatic carbocycles. The number of carbonyl (C=O) groups excluding carboxylic acids is 2. The van der Waals surface area contributed by atoms with Gasteiger partial charge in [-0.3, -0.25) is 14.4 Å². The van der Waals surface area contributed by atoms with Crippen LogP contribution in [0.4, 0.5) is 0 Å². The number of hydrogen-bond acceptors (Lipinski definition) is 6. The minimum atomic E-state index is -1.13. The topological polar surface area (TPSA) is 109 Å². The first-order valence-electron chi connectivity index (χ1n) is 18.1. The van der Waals surface area contributed by atoms with Crippen LogP contribution in [0.3, 0.4) is 0 Å². The Labute approximate surface area is 301 Å². The van der Waals surface area contributed by atoms with E-state index in [0.717, 1.165) is 33.0 Å². The predicted octanol–water partition coefficient (Wildman–Crippen LogP) is 9.65. The number of ketones is 1. The third-order valence-corrected chi connectivity index (χ3v) is 11.6. The maximum Gasteiger partial charge on any atom is 0.325 e. The highest BCUT2D eigenvalue weighted by Crippen LogP contribution is 2.38. The van der Waals surface area contributed by atoms with Crippen LogP contribution in [0.2, 0.25) is 0 Å². The summed E-state index contributed by atoms with van der Waals surface area (Å²) in [6.45, 7) is 9.98. The van der Waals surface area contributed by atoms with E-state index < -0.39 is 23.8 Å². The van der Waals surface area contributed by atoms with Gasteiger partial charge in [0.25, 0.3) is 0 Å². The third-order valence-electron chi connectivity index (χ3n) is 10.0. The first-order chi connectivity index (χ1) is 23.9. The fraction of sp³-hybridized carbons (Fsp3) is 0.452. The second-order valence-electron chi connectivity index (χ2n) is 15.0. The van der Waals surface area contributed by atoms with Gasteiger partial charge in [-0.15, -0.1) is 11.3 Å². The lowest BCUT2D eigenvalue weighted by molar-refractivity contribution is -0.141. The average molecular weight is 694 g/mol. The second kappa shape index (κ2) is 16.7. The summed E-state index contributed by atoms with van der Waals surface area (Å²) in [5, 5.41) is 11.9. The molecule has 0 unspecified atom stereocenters. The summed E-state index contributed by atoms with van der Waals surface area (Å²) in [6.07, 6.45) is 13.3. The van der Waals surface area contributed by atoms with Crippen LogP contribution in [0.1, 0.15) is 118 Å². The lowest BCUT2D eigenvalue weighted by Gasteiger charge is -2.29. The summed E-state index contributed by atoms with van der Waals surface area (Å²) in [5.74, 6) is -0.264. The fourth-order valence-electron chi connectivity index (χ4n) is 6.79. The summed E-state index contributed by atoms with van der Waals surface area (Å²) in [7, 11) is 0. The number of unbranched alkanes of at least 4 members (excludes halogenated alkanes) is 1. The first-order valence-corrected chi connectivity index (χ1v) is 18.9. The molecular weight excluding hydrogens is 643 g/mol. The molecule has 0 radical (unpaired) electrons. The van der Waals surface area contributed by atoms with Crippen molar-refractivity contribution in [3.63, 3.8) is 0 Å². The summed E-state index contributed by atoms with van der Waals surface area (Å²) < 4.78 is 0. The Kier molecular flexibility index (Phi) is 12.4. The number of amides is 1. The van der Waals surface area contributed by atoms with Gasteiger partial charge in [0.1, 0.15) is 6.04 Å². The highest BCUT2D eigenvalue weighted by atomic mass is 32.1. The van der Waals surface area contributed by atoms with Gasteiger partial charge in [-0.05, 0) is 85.1 Å². The van der Waals surface area contributed by atoms with Crippen molar-refractivity contribution in [1.29, 1.82) is 0 Å². The number of aliphatic carboxylic acids is 1. The first kappa shape index (κ1) is 37.1. The standard InChI is InChI=1S/C42H51N3O4S/c1-6-7-8-28-9-13-30(14-10-28)31-17-19-32(20-18-31)35-25-43-39(44-26-35)33-15-11-29(12-16-33)23-34(40(47)45-27(2)41(48)49)24-36(46)37-21-22-38(50-37)42(3,4)5/h11-12,15-22,25-28,30,34H,6-10,13-14,23-24H2,1-5H3,(H,45,47)(H,48,49)/t27-,28?,30?,34-/m1/s1. The number of carbonyl (C=O) groups is 3. The Morgan fingerprint density at radius 1 is 0.880 bits per heavy atom. The second-order valence-corrected chi connectivity index (χ2v) is 16.1. The molecule has 7 nitrogen and oxygen atoms in total. The van der Waals surface area contributed by atoms with Gasteiger partial charge in [0.15, 0.2) is 11.6 Å². The molecule has 0 aliphatic heterocycles. The molecule has 8 heteroatoms. The van der Waals surface area contributed by atoms with E-state index >= 15 is 0 Å². The van der Waals surface area contributed by atoms with Gasteiger partial charge >= 0.3 is 5.97 Å². The maximum atomic E-state index is 13.3. The van der Waals surface area contributed by atoms with Crippen LogP contribution < -0.4 is 5.32 Å². The van der Waals surface area contributed by atoms with Crippen molar-refractivity contribution in [3.8, 4) is 22.5 Å². The normalized spacial score (nSPS) is 17.5. The smallest absolute Gasteiger partial charge is 0.325 e. The SMILES string of the molecule is CCCCC1CCC(c2ccc(-c3cnc(-c4ccc(C[C@H](CC(=O)c5ccc(C(C)(C)C)s5)C(=O)N[C@H](C)C(=O)O)cc4)nc3)cc2)CC1. The Balaban J connectivity index is 1.22.